The van der Waals surface area contributed by atoms with Gasteiger partial charge in [-0.1, -0.05) is 0 Å². The zero-order chi connectivity index (χ0) is 6.69. The average molecular weight is 143 g/mol. The molecule has 0 bridgehead atoms. The molecule has 9 heavy (non-hydrogen) atoms. The Hall–Kier alpha value is -0.770. The second kappa shape index (κ2) is 2.68. The van der Waals surface area contributed by atoms with E-state index in [-0.39, 0.29) is 0 Å². The molecular formula is C5H9N3S. The molecule has 3 nitrogen and oxygen atoms in total. The van der Waals surface area contributed by atoms with Gasteiger partial charge in [-0.2, -0.15) is 0 Å². The van der Waals surface area contributed by atoms with Crippen molar-refractivity contribution >= 4 is 22.3 Å². The molecule has 0 aliphatic carbocycles. The van der Waals surface area contributed by atoms with Gasteiger partial charge in [0, 0.05) is 19.5 Å². The van der Waals surface area contributed by atoms with Gasteiger partial charge in [-0.15, -0.1) is 11.3 Å². The van der Waals surface area contributed by atoms with Gasteiger partial charge in [-0.05, 0) is 0 Å². The highest BCUT2D eigenvalue weighted by molar-refractivity contribution is 7.14. The predicted octanol–water partition coefficient (Wildman–Crippen LogP) is 1.23. The molecule has 0 aliphatic heterocycles. The maximum atomic E-state index is 4.14. The van der Waals surface area contributed by atoms with Gasteiger partial charge in [0.1, 0.15) is 5.82 Å². The lowest BCUT2D eigenvalue weighted by Crippen LogP contribution is -1.89. The Labute approximate surface area is 58.1 Å². The fraction of sp³-hybridized carbons (Fsp3) is 0.400. The largest absolute Gasteiger partial charge is 0.372 e. The zero-order valence-electron chi connectivity index (χ0n) is 5.43. The van der Waals surface area contributed by atoms with Gasteiger partial charge in [-0.25, -0.2) is 4.98 Å². The Morgan fingerprint density at radius 1 is 1.44 bits per heavy atom. The summed E-state index contributed by atoms with van der Waals surface area (Å²) in [5.74, 6) is 0.921. The van der Waals surface area contributed by atoms with Gasteiger partial charge in [0.2, 0.25) is 0 Å². The van der Waals surface area contributed by atoms with E-state index in [1.807, 2.05) is 19.5 Å². The van der Waals surface area contributed by atoms with Gasteiger partial charge in [0.25, 0.3) is 0 Å². The lowest BCUT2D eigenvalue weighted by molar-refractivity contribution is 1.33. The molecule has 50 valence electrons. The number of rotatable bonds is 2. The number of nitrogens with one attached hydrogen (secondary N) is 2. The van der Waals surface area contributed by atoms with E-state index >= 15 is 0 Å². The number of aromatic nitrogens is 1. The van der Waals surface area contributed by atoms with Gasteiger partial charge < -0.3 is 10.6 Å². The first-order chi connectivity index (χ1) is 4.36. The number of nitrogens with zero attached hydrogens (tertiary/aromatic N) is 1. The second-order valence-corrected chi connectivity index (χ2v) is 2.40. The third-order valence-electron chi connectivity index (χ3n) is 0.974. The molecule has 0 unspecified atom stereocenters. The Bertz CT molecular complexity index is 166. The van der Waals surface area contributed by atoms with Crippen molar-refractivity contribution in [2.24, 2.45) is 0 Å². The maximum absolute atomic E-state index is 4.14. The molecule has 0 spiro atoms. The van der Waals surface area contributed by atoms with Gasteiger partial charge in [0.05, 0.1) is 0 Å². The van der Waals surface area contributed by atoms with E-state index in [0.717, 1.165) is 10.9 Å². The summed E-state index contributed by atoms with van der Waals surface area (Å²) < 4.78 is 0. The first-order valence-electron chi connectivity index (χ1n) is 2.68. The van der Waals surface area contributed by atoms with Gasteiger partial charge in [-0.3, -0.25) is 0 Å². The number of hydrogen-bond acceptors (Lipinski definition) is 4. The van der Waals surface area contributed by atoms with Crippen LogP contribution >= 0.6 is 11.3 Å². The summed E-state index contributed by atoms with van der Waals surface area (Å²) >= 11 is 1.59. The van der Waals surface area contributed by atoms with Crippen LogP contribution in [0, 0.1) is 0 Å². The third kappa shape index (κ3) is 1.32. The molecule has 0 atom stereocenters. The first kappa shape index (κ1) is 6.35. The molecule has 1 aromatic rings. The van der Waals surface area contributed by atoms with Crippen molar-refractivity contribution in [1.29, 1.82) is 0 Å². The molecule has 1 heterocycles. The molecule has 0 aliphatic rings. The minimum absolute atomic E-state index is 0.921. The van der Waals surface area contributed by atoms with Crippen LogP contribution in [0.25, 0.3) is 0 Å². The first-order valence-corrected chi connectivity index (χ1v) is 3.56. The summed E-state index contributed by atoms with van der Waals surface area (Å²) in [6.45, 7) is 0. The van der Waals surface area contributed by atoms with Crippen LogP contribution in [0.2, 0.25) is 0 Å². The van der Waals surface area contributed by atoms with E-state index in [0.29, 0.717) is 0 Å². The standard InChI is InChI=1S/C5H9N3S/c1-6-4-3-9-5(7-2)8-4/h3,6H,1-2H3,(H,7,8). The zero-order valence-corrected chi connectivity index (χ0v) is 6.25. The summed E-state index contributed by atoms with van der Waals surface area (Å²) in [5.41, 5.74) is 0. The van der Waals surface area contributed by atoms with E-state index in [9.17, 15) is 0 Å². The van der Waals surface area contributed by atoms with Gasteiger partial charge >= 0.3 is 0 Å². The van der Waals surface area contributed by atoms with Crippen LogP contribution in [0.3, 0.4) is 0 Å². The van der Waals surface area contributed by atoms with Crippen LogP contribution in [0.5, 0.6) is 0 Å². The number of hydrogen-bond donors (Lipinski definition) is 2. The molecule has 2 N–H and O–H groups in total. The van der Waals surface area contributed by atoms with Gasteiger partial charge in [0.15, 0.2) is 5.13 Å². The van der Waals surface area contributed by atoms with Crippen molar-refractivity contribution in [3.05, 3.63) is 5.38 Å². The van der Waals surface area contributed by atoms with Crippen molar-refractivity contribution < 1.29 is 0 Å². The van der Waals surface area contributed by atoms with Crippen LogP contribution in [-0.4, -0.2) is 19.1 Å². The molecule has 0 amide bonds. The summed E-state index contributed by atoms with van der Waals surface area (Å²) in [6, 6.07) is 0. The third-order valence-corrected chi connectivity index (χ3v) is 1.83. The van der Waals surface area contributed by atoms with E-state index in [2.05, 4.69) is 15.6 Å². The molecular weight excluding hydrogens is 134 g/mol. The van der Waals surface area contributed by atoms with Crippen LogP contribution in [0.1, 0.15) is 0 Å². The number of anilines is 2. The van der Waals surface area contributed by atoms with Crippen LogP contribution in [0.4, 0.5) is 10.9 Å². The van der Waals surface area contributed by atoms with E-state index in [1.54, 1.807) is 11.3 Å². The second-order valence-electron chi connectivity index (χ2n) is 1.54. The van der Waals surface area contributed by atoms with Crippen molar-refractivity contribution in [2.75, 3.05) is 24.7 Å². The molecule has 1 aromatic heterocycles. The minimum Gasteiger partial charge on any atom is -0.372 e. The highest BCUT2D eigenvalue weighted by atomic mass is 32.1. The Morgan fingerprint density at radius 2 is 2.22 bits per heavy atom. The lowest BCUT2D eigenvalue weighted by Gasteiger charge is -1.89. The fourth-order valence-electron chi connectivity index (χ4n) is 0.503. The maximum Gasteiger partial charge on any atom is 0.184 e. The summed E-state index contributed by atoms with van der Waals surface area (Å²) in [7, 11) is 3.72. The highest BCUT2D eigenvalue weighted by Crippen LogP contribution is 2.16. The topological polar surface area (TPSA) is 37.0 Å². The quantitative estimate of drug-likeness (QED) is 0.653. The van der Waals surface area contributed by atoms with E-state index in [4.69, 9.17) is 0 Å². The Morgan fingerprint density at radius 3 is 2.56 bits per heavy atom. The normalized spacial score (nSPS) is 9.11. The summed E-state index contributed by atoms with van der Waals surface area (Å²) in [5, 5.41) is 8.80. The minimum atomic E-state index is 0.921. The fourth-order valence-corrected chi connectivity index (χ4v) is 1.17. The molecule has 0 aromatic carbocycles. The predicted molar refractivity (Wildman–Crippen MR) is 41.2 cm³/mol. The Balaban J connectivity index is 2.74. The Kier molecular flexibility index (Phi) is 1.89. The van der Waals surface area contributed by atoms with Crippen molar-refractivity contribution in [3.63, 3.8) is 0 Å². The number of thiazole rings is 1. The highest BCUT2D eigenvalue weighted by Gasteiger charge is 1.94. The summed E-state index contributed by atoms with van der Waals surface area (Å²) in [6.07, 6.45) is 0. The molecule has 4 heteroatoms. The molecule has 1 rings (SSSR count). The van der Waals surface area contributed by atoms with Crippen molar-refractivity contribution in [1.82, 2.24) is 4.98 Å². The van der Waals surface area contributed by atoms with Crippen molar-refractivity contribution in [2.45, 2.75) is 0 Å². The monoisotopic (exact) mass is 143 g/mol. The van der Waals surface area contributed by atoms with Crippen LogP contribution in [-0.2, 0) is 0 Å². The smallest absolute Gasteiger partial charge is 0.184 e. The van der Waals surface area contributed by atoms with Crippen LogP contribution in [0.15, 0.2) is 5.38 Å². The molecule has 0 saturated carbocycles. The van der Waals surface area contributed by atoms with Crippen LogP contribution < -0.4 is 10.6 Å². The lowest BCUT2D eigenvalue weighted by atomic mass is 10.8. The van der Waals surface area contributed by atoms with E-state index in [1.165, 1.54) is 0 Å². The molecule has 0 saturated heterocycles. The van der Waals surface area contributed by atoms with E-state index < -0.39 is 0 Å². The molecule has 0 fully saturated rings. The average Bonchev–Trinajstić information content (AvgIpc) is 2.34. The summed E-state index contributed by atoms with van der Waals surface area (Å²) in [4.78, 5) is 4.14. The van der Waals surface area contributed by atoms with Crippen molar-refractivity contribution in [3.8, 4) is 0 Å². The molecule has 0 radical (unpaired) electrons. The SMILES string of the molecule is CNc1csc(NC)n1.